The average molecular weight is 421 g/mol. The number of aromatic nitrogens is 2. The van der Waals surface area contributed by atoms with Gasteiger partial charge in [0.2, 0.25) is 0 Å². The first kappa shape index (κ1) is 18.9. The van der Waals surface area contributed by atoms with Gasteiger partial charge in [-0.2, -0.15) is 5.26 Å². The molecule has 0 spiro atoms. The van der Waals surface area contributed by atoms with Crippen molar-refractivity contribution in [2.24, 2.45) is 0 Å². The SMILES string of the molecule is N#C/C(=C/c1ccc(Sc2nc3ccccc3[nH]2)o1)C(=O)Nc1ccc(Cl)cc1. The van der Waals surface area contributed by atoms with Gasteiger partial charge in [0.25, 0.3) is 5.91 Å². The molecule has 142 valence electrons. The molecule has 0 aliphatic rings. The zero-order valence-corrected chi connectivity index (χ0v) is 16.4. The minimum atomic E-state index is -0.530. The first-order valence-electron chi connectivity index (χ1n) is 8.52. The van der Waals surface area contributed by atoms with Crippen LogP contribution in [0, 0.1) is 11.3 Å². The van der Waals surface area contributed by atoms with E-state index in [2.05, 4.69) is 15.3 Å². The van der Waals surface area contributed by atoms with Gasteiger partial charge in [-0.3, -0.25) is 4.79 Å². The van der Waals surface area contributed by atoms with Gasteiger partial charge in [0.05, 0.1) is 11.0 Å². The third-order valence-corrected chi connectivity index (χ3v) is 4.98. The van der Waals surface area contributed by atoms with Crippen LogP contribution in [0.4, 0.5) is 5.69 Å². The minimum absolute atomic E-state index is 0.0745. The number of amides is 1. The molecule has 8 heteroatoms. The summed E-state index contributed by atoms with van der Waals surface area (Å²) >= 11 is 7.15. The van der Waals surface area contributed by atoms with E-state index in [0.29, 0.717) is 26.7 Å². The molecule has 29 heavy (non-hydrogen) atoms. The van der Waals surface area contributed by atoms with Crippen molar-refractivity contribution in [2.75, 3.05) is 5.32 Å². The zero-order chi connectivity index (χ0) is 20.2. The molecule has 2 aromatic carbocycles. The van der Waals surface area contributed by atoms with Gasteiger partial charge in [-0.05, 0) is 60.3 Å². The lowest BCUT2D eigenvalue weighted by atomic mass is 10.2. The molecular formula is C21H13ClN4O2S. The number of carbonyl (C=O) groups excluding carboxylic acids is 1. The van der Waals surface area contributed by atoms with E-state index in [-0.39, 0.29) is 5.57 Å². The normalized spacial score (nSPS) is 11.4. The fraction of sp³-hybridized carbons (Fsp3) is 0. The molecule has 2 N–H and O–H groups in total. The van der Waals surface area contributed by atoms with E-state index < -0.39 is 5.91 Å². The second-order valence-corrected chi connectivity index (χ2v) is 7.38. The highest BCUT2D eigenvalue weighted by Gasteiger charge is 2.12. The number of hydrogen-bond acceptors (Lipinski definition) is 5. The maximum absolute atomic E-state index is 12.3. The second-order valence-electron chi connectivity index (χ2n) is 5.95. The van der Waals surface area contributed by atoms with Crippen LogP contribution in [0.25, 0.3) is 17.1 Å². The molecule has 0 fully saturated rings. The summed E-state index contributed by atoms with van der Waals surface area (Å²) in [6, 6.07) is 19.7. The Bertz CT molecular complexity index is 1220. The van der Waals surface area contributed by atoms with Crippen LogP contribution in [-0.2, 0) is 4.79 Å². The lowest BCUT2D eigenvalue weighted by Crippen LogP contribution is -2.13. The number of furan rings is 1. The Morgan fingerprint density at radius 2 is 1.97 bits per heavy atom. The number of para-hydroxylation sites is 2. The summed E-state index contributed by atoms with van der Waals surface area (Å²) in [4.78, 5) is 20.0. The van der Waals surface area contributed by atoms with Crippen molar-refractivity contribution >= 4 is 52.1 Å². The molecule has 4 aromatic rings. The lowest BCUT2D eigenvalue weighted by molar-refractivity contribution is -0.112. The van der Waals surface area contributed by atoms with Crippen molar-refractivity contribution in [2.45, 2.75) is 10.2 Å². The summed E-state index contributed by atoms with van der Waals surface area (Å²) < 4.78 is 5.71. The Balaban J connectivity index is 1.48. The first-order valence-corrected chi connectivity index (χ1v) is 9.71. The van der Waals surface area contributed by atoms with Crippen molar-refractivity contribution in [1.29, 1.82) is 5.26 Å². The third kappa shape index (κ3) is 4.51. The summed E-state index contributed by atoms with van der Waals surface area (Å²) in [7, 11) is 0. The van der Waals surface area contributed by atoms with Crippen molar-refractivity contribution in [3.05, 3.63) is 77.0 Å². The monoisotopic (exact) mass is 420 g/mol. The fourth-order valence-corrected chi connectivity index (χ4v) is 3.46. The molecule has 1 amide bonds. The minimum Gasteiger partial charge on any atom is -0.450 e. The summed E-state index contributed by atoms with van der Waals surface area (Å²) in [5.41, 5.74) is 2.27. The van der Waals surface area contributed by atoms with Gasteiger partial charge in [-0.15, -0.1) is 0 Å². The van der Waals surface area contributed by atoms with E-state index in [0.717, 1.165) is 11.0 Å². The highest BCUT2D eigenvalue weighted by atomic mass is 35.5. The summed E-state index contributed by atoms with van der Waals surface area (Å²) in [6.07, 6.45) is 1.40. The van der Waals surface area contributed by atoms with Crippen LogP contribution < -0.4 is 5.32 Å². The van der Waals surface area contributed by atoms with Crippen molar-refractivity contribution < 1.29 is 9.21 Å². The maximum Gasteiger partial charge on any atom is 0.266 e. The number of halogens is 1. The van der Waals surface area contributed by atoms with E-state index >= 15 is 0 Å². The zero-order valence-electron chi connectivity index (χ0n) is 14.8. The molecule has 0 unspecified atom stereocenters. The second kappa shape index (κ2) is 8.27. The Morgan fingerprint density at radius 3 is 2.72 bits per heavy atom. The number of imidazole rings is 1. The summed E-state index contributed by atoms with van der Waals surface area (Å²) in [6.45, 7) is 0. The molecule has 6 nitrogen and oxygen atoms in total. The van der Waals surface area contributed by atoms with Crippen LogP contribution in [0.2, 0.25) is 5.02 Å². The number of aromatic amines is 1. The fourth-order valence-electron chi connectivity index (χ4n) is 2.56. The highest BCUT2D eigenvalue weighted by Crippen LogP contribution is 2.29. The van der Waals surface area contributed by atoms with Crippen LogP contribution in [-0.4, -0.2) is 15.9 Å². The van der Waals surface area contributed by atoms with Crippen molar-refractivity contribution in [3.63, 3.8) is 0 Å². The molecule has 0 bridgehead atoms. The van der Waals surface area contributed by atoms with E-state index in [1.54, 1.807) is 36.4 Å². The van der Waals surface area contributed by atoms with Crippen LogP contribution in [0.15, 0.2) is 80.9 Å². The topological polar surface area (TPSA) is 94.7 Å². The number of nitrogens with zero attached hydrogens (tertiary/aromatic N) is 2. The molecular weight excluding hydrogens is 408 g/mol. The highest BCUT2D eigenvalue weighted by molar-refractivity contribution is 7.99. The standard InChI is InChI=1S/C21H13ClN4O2S/c22-14-5-7-15(8-6-14)24-20(27)13(12-23)11-16-9-10-19(28-16)29-21-25-17-3-1-2-4-18(17)26-21/h1-11H,(H,24,27)(H,25,26)/b13-11-. The van der Waals surface area contributed by atoms with E-state index in [1.807, 2.05) is 30.3 Å². The Morgan fingerprint density at radius 1 is 1.17 bits per heavy atom. The molecule has 0 saturated carbocycles. The number of benzene rings is 2. The number of fused-ring (bicyclic) bond motifs is 1. The van der Waals surface area contributed by atoms with Gasteiger partial charge in [0.1, 0.15) is 17.4 Å². The van der Waals surface area contributed by atoms with Crippen LogP contribution in [0.5, 0.6) is 0 Å². The third-order valence-electron chi connectivity index (χ3n) is 3.92. The Labute approximate surface area is 175 Å². The van der Waals surface area contributed by atoms with Crippen molar-refractivity contribution in [1.82, 2.24) is 9.97 Å². The summed E-state index contributed by atoms with van der Waals surface area (Å²) in [5.74, 6) is -0.135. The first-order chi connectivity index (χ1) is 14.1. The van der Waals surface area contributed by atoms with Crippen LogP contribution in [0.1, 0.15) is 5.76 Å². The van der Waals surface area contributed by atoms with E-state index in [4.69, 9.17) is 16.0 Å². The van der Waals surface area contributed by atoms with E-state index in [1.165, 1.54) is 17.8 Å². The largest absolute Gasteiger partial charge is 0.450 e. The Kier molecular flexibility index (Phi) is 5.38. The Hall–Kier alpha value is -3.47. The molecule has 0 aliphatic heterocycles. The quantitative estimate of drug-likeness (QED) is 0.328. The predicted octanol–water partition coefficient (Wildman–Crippen LogP) is 5.51. The van der Waals surface area contributed by atoms with Gasteiger partial charge in [0, 0.05) is 16.8 Å². The van der Waals surface area contributed by atoms with Crippen LogP contribution >= 0.6 is 23.4 Å². The van der Waals surface area contributed by atoms with Gasteiger partial charge in [-0.25, -0.2) is 4.98 Å². The number of H-pyrrole nitrogens is 1. The van der Waals surface area contributed by atoms with Crippen LogP contribution in [0.3, 0.4) is 0 Å². The number of carbonyl (C=O) groups is 1. The average Bonchev–Trinajstić information content (AvgIpc) is 3.34. The van der Waals surface area contributed by atoms with Gasteiger partial charge in [0.15, 0.2) is 10.2 Å². The number of anilines is 1. The number of nitriles is 1. The smallest absolute Gasteiger partial charge is 0.266 e. The van der Waals surface area contributed by atoms with Crippen molar-refractivity contribution in [3.8, 4) is 6.07 Å². The molecule has 0 radical (unpaired) electrons. The molecule has 2 aromatic heterocycles. The number of nitrogens with one attached hydrogen (secondary N) is 2. The summed E-state index contributed by atoms with van der Waals surface area (Å²) in [5, 5.41) is 13.8. The molecule has 0 saturated heterocycles. The number of rotatable bonds is 5. The number of hydrogen-bond donors (Lipinski definition) is 2. The van der Waals surface area contributed by atoms with Gasteiger partial charge in [-0.1, -0.05) is 23.7 Å². The molecule has 2 heterocycles. The molecule has 0 atom stereocenters. The maximum atomic E-state index is 12.3. The molecule has 4 rings (SSSR count). The van der Waals surface area contributed by atoms with Gasteiger partial charge >= 0.3 is 0 Å². The lowest BCUT2D eigenvalue weighted by Gasteiger charge is -2.03. The van der Waals surface area contributed by atoms with Gasteiger partial charge < -0.3 is 14.7 Å². The predicted molar refractivity (Wildman–Crippen MR) is 113 cm³/mol. The van der Waals surface area contributed by atoms with E-state index in [9.17, 15) is 10.1 Å². The molecule has 0 aliphatic carbocycles.